The summed E-state index contributed by atoms with van der Waals surface area (Å²) in [5.74, 6) is -0.622. The second-order valence-electron chi connectivity index (χ2n) is 4.15. The summed E-state index contributed by atoms with van der Waals surface area (Å²) >= 11 is 0. The number of hydrazine groups is 1. The first kappa shape index (κ1) is 13.4. The van der Waals surface area contributed by atoms with Crippen LogP contribution in [0.4, 0.5) is 0 Å². The van der Waals surface area contributed by atoms with Crippen LogP contribution < -0.4 is 0 Å². The van der Waals surface area contributed by atoms with E-state index in [1.807, 2.05) is 0 Å². The van der Waals surface area contributed by atoms with Gasteiger partial charge in [0.25, 0.3) is 0 Å². The zero-order valence-electron chi connectivity index (χ0n) is 9.75. The molecule has 0 spiro atoms. The molecule has 0 aromatic carbocycles. The molecule has 0 aromatic rings. The molecular formula is C9H18N2O4S. The Morgan fingerprint density at radius 1 is 1.38 bits per heavy atom. The molecule has 1 aliphatic rings. The largest absolute Gasteiger partial charge is 0.390 e. The number of carbonyl (C=O) groups excluding carboxylic acids is 1. The fraction of sp³-hybridized carbons (Fsp3) is 0.889. The van der Waals surface area contributed by atoms with Gasteiger partial charge in [0.1, 0.15) is 0 Å². The lowest BCUT2D eigenvalue weighted by molar-refractivity contribution is -0.152. The van der Waals surface area contributed by atoms with Gasteiger partial charge < -0.3 is 5.11 Å². The molecule has 16 heavy (non-hydrogen) atoms. The van der Waals surface area contributed by atoms with Crippen LogP contribution in [0, 0.1) is 0 Å². The molecule has 1 rings (SSSR count). The van der Waals surface area contributed by atoms with Crippen molar-refractivity contribution in [3.05, 3.63) is 0 Å². The summed E-state index contributed by atoms with van der Waals surface area (Å²) in [7, 11) is 0.0804. The molecular weight excluding hydrogens is 232 g/mol. The SMILES string of the molecule is CCC(=O)N([C@@H]1CS(=O)(=O)C[C@H]1O)N(C)C. The molecule has 0 radical (unpaired) electrons. The predicted octanol–water partition coefficient (Wildman–Crippen LogP) is -1.14. The van der Waals surface area contributed by atoms with E-state index in [1.165, 1.54) is 10.0 Å². The van der Waals surface area contributed by atoms with Crippen LogP contribution in [-0.4, -0.2) is 67.2 Å². The molecule has 0 bridgehead atoms. The topological polar surface area (TPSA) is 77.9 Å². The van der Waals surface area contributed by atoms with Crippen molar-refractivity contribution >= 4 is 15.7 Å². The van der Waals surface area contributed by atoms with Crippen LogP contribution in [0.2, 0.25) is 0 Å². The van der Waals surface area contributed by atoms with Gasteiger partial charge in [0.15, 0.2) is 9.84 Å². The third kappa shape index (κ3) is 2.72. The van der Waals surface area contributed by atoms with E-state index in [2.05, 4.69) is 0 Å². The van der Waals surface area contributed by atoms with Crippen molar-refractivity contribution in [3.63, 3.8) is 0 Å². The molecule has 1 N–H and O–H groups in total. The first-order valence-electron chi connectivity index (χ1n) is 5.16. The Hall–Kier alpha value is -0.660. The lowest BCUT2D eigenvalue weighted by atomic mass is 10.2. The monoisotopic (exact) mass is 250 g/mol. The van der Waals surface area contributed by atoms with Gasteiger partial charge in [-0.3, -0.25) is 9.80 Å². The maximum absolute atomic E-state index is 11.7. The van der Waals surface area contributed by atoms with Crippen molar-refractivity contribution in [2.24, 2.45) is 0 Å². The van der Waals surface area contributed by atoms with Gasteiger partial charge in [0.2, 0.25) is 5.91 Å². The summed E-state index contributed by atoms with van der Waals surface area (Å²) < 4.78 is 22.7. The van der Waals surface area contributed by atoms with E-state index in [0.29, 0.717) is 0 Å². The second kappa shape index (κ2) is 4.68. The van der Waals surface area contributed by atoms with E-state index < -0.39 is 22.0 Å². The highest BCUT2D eigenvalue weighted by Gasteiger charge is 2.42. The minimum atomic E-state index is -3.24. The Balaban J connectivity index is 2.93. The molecule has 1 saturated heterocycles. The first-order valence-corrected chi connectivity index (χ1v) is 6.98. The maximum Gasteiger partial charge on any atom is 0.236 e. The van der Waals surface area contributed by atoms with Crippen LogP contribution >= 0.6 is 0 Å². The number of amides is 1. The molecule has 0 aromatic heterocycles. The summed E-state index contributed by atoms with van der Waals surface area (Å²) in [6, 6.07) is -0.660. The summed E-state index contributed by atoms with van der Waals surface area (Å²) in [4.78, 5) is 11.7. The van der Waals surface area contributed by atoms with Crippen LogP contribution in [0.1, 0.15) is 13.3 Å². The normalized spacial score (nSPS) is 28.3. The summed E-state index contributed by atoms with van der Waals surface area (Å²) in [6.45, 7) is 1.70. The number of rotatable bonds is 3. The fourth-order valence-corrected chi connectivity index (χ4v) is 3.67. The Morgan fingerprint density at radius 3 is 2.25 bits per heavy atom. The highest BCUT2D eigenvalue weighted by atomic mass is 32.2. The van der Waals surface area contributed by atoms with Gasteiger partial charge in [-0.1, -0.05) is 6.92 Å². The van der Waals surface area contributed by atoms with Gasteiger partial charge in [-0.05, 0) is 0 Å². The lowest BCUT2D eigenvalue weighted by Crippen LogP contribution is -2.53. The molecule has 94 valence electrons. The van der Waals surface area contributed by atoms with Gasteiger partial charge >= 0.3 is 0 Å². The zero-order chi connectivity index (χ0) is 12.5. The van der Waals surface area contributed by atoms with E-state index in [-0.39, 0.29) is 23.8 Å². The molecule has 1 amide bonds. The third-order valence-electron chi connectivity index (χ3n) is 2.60. The van der Waals surface area contributed by atoms with Gasteiger partial charge in [0.05, 0.1) is 23.7 Å². The van der Waals surface area contributed by atoms with E-state index in [1.54, 1.807) is 21.0 Å². The van der Waals surface area contributed by atoms with Gasteiger partial charge in [0, 0.05) is 20.5 Å². The Kier molecular flexibility index (Phi) is 3.92. The average molecular weight is 250 g/mol. The van der Waals surface area contributed by atoms with Crippen molar-refractivity contribution in [3.8, 4) is 0 Å². The van der Waals surface area contributed by atoms with Crippen LogP contribution in [0.3, 0.4) is 0 Å². The van der Waals surface area contributed by atoms with E-state index >= 15 is 0 Å². The molecule has 6 nitrogen and oxygen atoms in total. The van der Waals surface area contributed by atoms with E-state index in [4.69, 9.17) is 0 Å². The van der Waals surface area contributed by atoms with Crippen LogP contribution in [0.5, 0.6) is 0 Å². The molecule has 0 saturated carbocycles. The second-order valence-corrected chi connectivity index (χ2v) is 6.30. The van der Waals surface area contributed by atoms with Gasteiger partial charge in [-0.2, -0.15) is 0 Å². The van der Waals surface area contributed by atoms with Crippen LogP contribution in [0.15, 0.2) is 0 Å². The number of carbonyl (C=O) groups is 1. The predicted molar refractivity (Wildman–Crippen MR) is 59.3 cm³/mol. The Bertz CT molecular complexity index is 366. The molecule has 1 heterocycles. The maximum atomic E-state index is 11.7. The number of nitrogens with zero attached hydrogens (tertiary/aromatic N) is 2. The van der Waals surface area contributed by atoms with Gasteiger partial charge in [-0.15, -0.1) is 0 Å². The number of hydrogen-bond acceptors (Lipinski definition) is 5. The quantitative estimate of drug-likeness (QED) is 0.641. The Morgan fingerprint density at radius 2 is 1.94 bits per heavy atom. The van der Waals surface area contributed by atoms with Gasteiger partial charge in [-0.25, -0.2) is 13.4 Å². The number of aliphatic hydroxyl groups is 1. The number of hydrogen-bond donors (Lipinski definition) is 1. The molecule has 7 heteroatoms. The molecule has 2 atom stereocenters. The van der Waals surface area contributed by atoms with Crippen molar-refractivity contribution < 1.29 is 18.3 Å². The smallest absolute Gasteiger partial charge is 0.236 e. The first-order chi connectivity index (χ1) is 7.28. The van der Waals surface area contributed by atoms with Crippen molar-refractivity contribution in [1.82, 2.24) is 10.0 Å². The number of aliphatic hydroxyl groups excluding tert-OH is 1. The molecule has 0 unspecified atom stereocenters. The molecule has 1 fully saturated rings. The Labute approximate surface area is 95.7 Å². The summed E-state index contributed by atoms with van der Waals surface area (Å²) in [5, 5.41) is 12.5. The van der Waals surface area contributed by atoms with Crippen LogP contribution in [-0.2, 0) is 14.6 Å². The van der Waals surface area contributed by atoms with Crippen LogP contribution in [0.25, 0.3) is 0 Å². The summed E-state index contributed by atoms with van der Waals surface area (Å²) in [5.41, 5.74) is 0. The minimum Gasteiger partial charge on any atom is -0.390 e. The highest BCUT2D eigenvalue weighted by Crippen LogP contribution is 2.19. The molecule has 0 aliphatic carbocycles. The van der Waals surface area contributed by atoms with E-state index in [9.17, 15) is 18.3 Å². The highest BCUT2D eigenvalue weighted by molar-refractivity contribution is 7.91. The standard InChI is InChI=1S/C9H18N2O4S/c1-4-9(13)11(10(2)3)7-5-16(14,15)6-8(7)12/h7-8,12H,4-6H2,1-3H3/t7-,8-/m1/s1. The van der Waals surface area contributed by atoms with Crippen molar-refractivity contribution in [2.75, 3.05) is 25.6 Å². The third-order valence-corrected chi connectivity index (χ3v) is 4.30. The average Bonchev–Trinajstić information content (AvgIpc) is 2.39. The molecule has 1 aliphatic heterocycles. The minimum absolute atomic E-state index is 0.169. The van der Waals surface area contributed by atoms with Crippen molar-refractivity contribution in [2.45, 2.75) is 25.5 Å². The summed E-state index contributed by atoms with van der Waals surface area (Å²) in [6.07, 6.45) is -0.718. The zero-order valence-corrected chi connectivity index (χ0v) is 10.6. The fourth-order valence-electron chi connectivity index (χ4n) is 1.91. The van der Waals surface area contributed by atoms with Crippen molar-refractivity contribution in [1.29, 1.82) is 0 Å². The number of sulfone groups is 1. The lowest BCUT2D eigenvalue weighted by Gasteiger charge is -2.35. The van der Waals surface area contributed by atoms with E-state index in [0.717, 1.165) is 0 Å².